The van der Waals surface area contributed by atoms with Gasteiger partial charge in [0.2, 0.25) is 0 Å². The lowest BCUT2D eigenvalue weighted by molar-refractivity contribution is 0.0693. The van der Waals surface area contributed by atoms with E-state index in [1.54, 1.807) is 13.0 Å². The van der Waals surface area contributed by atoms with Gasteiger partial charge in [0.05, 0.1) is 6.54 Å². The van der Waals surface area contributed by atoms with Crippen molar-refractivity contribution in [2.75, 3.05) is 0 Å². The molecule has 0 saturated heterocycles. The van der Waals surface area contributed by atoms with Crippen molar-refractivity contribution in [3.05, 3.63) is 50.1 Å². The summed E-state index contributed by atoms with van der Waals surface area (Å²) >= 11 is 0. The van der Waals surface area contributed by atoms with Gasteiger partial charge in [-0.3, -0.25) is 14.3 Å². The van der Waals surface area contributed by atoms with Gasteiger partial charge in [-0.1, -0.05) is 5.16 Å². The van der Waals surface area contributed by atoms with Crippen molar-refractivity contribution in [1.82, 2.24) is 14.7 Å². The lowest BCUT2D eigenvalue weighted by atomic mass is 10.3. The summed E-state index contributed by atoms with van der Waals surface area (Å²) in [5, 5.41) is 12.5. The molecule has 0 fully saturated rings. The van der Waals surface area contributed by atoms with Crippen molar-refractivity contribution in [2.24, 2.45) is 0 Å². The molecular weight excluding hydrogens is 242 g/mol. The smallest absolute Gasteiger partial charge is 0.342 e. The fraction of sp³-hybridized carbons (Fsp3) is 0.200. The summed E-state index contributed by atoms with van der Waals surface area (Å²) in [6.45, 7) is 1.71. The molecule has 0 aromatic carbocycles. The van der Waals surface area contributed by atoms with E-state index < -0.39 is 22.8 Å². The molecule has 0 aliphatic heterocycles. The molecule has 0 bridgehead atoms. The number of hydrogen-bond donors (Lipinski definition) is 2. The highest BCUT2D eigenvalue weighted by Crippen LogP contribution is 2.02. The van der Waals surface area contributed by atoms with Crippen LogP contribution in [0.1, 0.15) is 21.8 Å². The number of aromatic carboxylic acids is 1. The van der Waals surface area contributed by atoms with Gasteiger partial charge in [0.25, 0.3) is 5.56 Å². The number of H-pyrrole nitrogens is 1. The number of nitrogens with one attached hydrogen (secondary N) is 1. The molecule has 8 nitrogen and oxygen atoms in total. The lowest BCUT2D eigenvalue weighted by Crippen LogP contribution is -2.33. The largest absolute Gasteiger partial charge is 0.477 e. The molecule has 0 atom stereocenters. The molecular formula is C10H9N3O5. The van der Waals surface area contributed by atoms with Crippen molar-refractivity contribution in [1.29, 1.82) is 0 Å². The Morgan fingerprint density at radius 2 is 2.28 bits per heavy atom. The molecule has 0 unspecified atom stereocenters. The molecule has 0 radical (unpaired) electrons. The summed E-state index contributed by atoms with van der Waals surface area (Å²) < 4.78 is 5.87. The monoisotopic (exact) mass is 251 g/mol. The number of carboxylic acids is 1. The average molecular weight is 251 g/mol. The maximum atomic E-state index is 11.5. The predicted molar refractivity (Wildman–Crippen MR) is 58.6 cm³/mol. The highest BCUT2D eigenvalue weighted by molar-refractivity contribution is 5.86. The Bertz CT molecular complexity index is 709. The van der Waals surface area contributed by atoms with Gasteiger partial charge >= 0.3 is 11.7 Å². The van der Waals surface area contributed by atoms with Crippen molar-refractivity contribution < 1.29 is 14.4 Å². The van der Waals surface area contributed by atoms with E-state index in [0.29, 0.717) is 11.5 Å². The van der Waals surface area contributed by atoms with Crippen LogP contribution in [0.2, 0.25) is 0 Å². The SMILES string of the molecule is Cc1cc(Cn2cc(C(=O)O)c(=O)[nH]c2=O)no1. The molecule has 0 amide bonds. The third-order valence-corrected chi connectivity index (χ3v) is 2.25. The van der Waals surface area contributed by atoms with Gasteiger partial charge in [-0.05, 0) is 6.92 Å². The molecule has 0 aliphatic rings. The van der Waals surface area contributed by atoms with E-state index in [-0.39, 0.29) is 6.54 Å². The summed E-state index contributed by atoms with van der Waals surface area (Å²) in [6, 6.07) is 1.61. The first-order chi connectivity index (χ1) is 8.47. The maximum absolute atomic E-state index is 11.5. The minimum atomic E-state index is -1.40. The second-order valence-corrected chi connectivity index (χ2v) is 3.66. The summed E-state index contributed by atoms with van der Waals surface area (Å²) in [5.41, 5.74) is -1.68. The molecule has 2 aromatic rings. The third-order valence-electron chi connectivity index (χ3n) is 2.25. The highest BCUT2D eigenvalue weighted by Gasteiger charge is 2.12. The minimum Gasteiger partial charge on any atom is -0.477 e. The fourth-order valence-corrected chi connectivity index (χ4v) is 1.45. The Labute approximate surface area is 99.5 Å². The molecule has 18 heavy (non-hydrogen) atoms. The van der Waals surface area contributed by atoms with E-state index >= 15 is 0 Å². The number of aromatic nitrogens is 3. The van der Waals surface area contributed by atoms with E-state index in [2.05, 4.69) is 5.16 Å². The molecule has 0 spiro atoms. The Morgan fingerprint density at radius 3 is 2.83 bits per heavy atom. The van der Waals surface area contributed by atoms with Crippen LogP contribution >= 0.6 is 0 Å². The summed E-state index contributed by atoms with van der Waals surface area (Å²) in [5.74, 6) is -0.831. The first kappa shape index (κ1) is 11.8. The molecule has 2 aromatic heterocycles. The molecule has 94 valence electrons. The van der Waals surface area contributed by atoms with Crippen molar-refractivity contribution in [3.63, 3.8) is 0 Å². The second-order valence-electron chi connectivity index (χ2n) is 3.66. The van der Waals surface area contributed by atoms with Crippen molar-refractivity contribution in [2.45, 2.75) is 13.5 Å². The normalized spacial score (nSPS) is 10.5. The van der Waals surface area contributed by atoms with Crippen LogP contribution in [-0.4, -0.2) is 25.8 Å². The number of nitrogens with zero attached hydrogens (tertiary/aromatic N) is 2. The zero-order valence-corrected chi connectivity index (χ0v) is 9.34. The zero-order chi connectivity index (χ0) is 13.3. The van der Waals surface area contributed by atoms with Crippen LogP contribution in [0.4, 0.5) is 0 Å². The number of carboxylic acid groups (broad SMARTS) is 1. The third kappa shape index (κ3) is 2.21. The topological polar surface area (TPSA) is 118 Å². The number of rotatable bonds is 3. The van der Waals surface area contributed by atoms with Crippen LogP contribution in [0, 0.1) is 6.92 Å². The first-order valence-electron chi connectivity index (χ1n) is 4.96. The molecule has 0 aliphatic carbocycles. The standard InChI is InChI=1S/C10H9N3O5/c1-5-2-6(12-18-5)3-13-4-7(9(15)16)8(14)11-10(13)17/h2,4H,3H2,1H3,(H,15,16)(H,11,14,17). The van der Waals surface area contributed by atoms with Gasteiger partial charge in [0, 0.05) is 12.3 Å². The summed E-state index contributed by atoms with van der Waals surface area (Å²) in [6.07, 6.45) is 0.980. The van der Waals surface area contributed by atoms with Crippen LogP contribution < -0.4 is 11.2 Å². The Kier molecular flexibility index (Phi) is 2.84. The predicted octanol–water partition coefficient (Wildman–Crippen LogP) is -0.420. The van der Waals surface area contributed by atoms with Crippen molar-refractivity contribution in [3.8, 4) is 0 Å². The molecule has 2 N–H and O–H groups in total. The molecule has 0 saturated carbocycles. The van der Waals surface area contributed by atoms with Gasteiger partial charge in [-0.15, -0.1) is 0 Å². The van der Waals surface area contributed by atoms with Gasteiger partial charge in [-0.25, -0.2) is 9.59 Å². The fourth-order valence-electron chi connectivity index (χ4n) is 1.45. The minimum absolute atomic E-state index is 0.0211. The van der Waals surface area contributed by atoms with Gasteiger partial charge in [0.1, 0.15) is 17.0 Å². The summed E-state index contributed by atoms with van der Waals surface area (Å²) in [4.78, 5) is 35.4. The van der Waals surface area contributed by atoms with E-state index in [9.17, 15) is 14.4 Å². The van der Waals surface area contributed by atoms with E-state index in [1.807, 2.05) is 4.98 Å². The van der Waals surface area contributed by atoms with Crippen LogP contribution in [0.15, 0.2) is 26.4 Å². The average Bonchev–Trinajstić information content (AvgIpc) is 2.67. The molecule has 2 rings (SSSR count). The van der Waals surface area contributed by atoms with Gasteiger partial charge in [-0.2, -0.15) is 0 Å². The van der Waals surface area contributed by atoms with E-state index in [4.69, 9.17) is 9.63 Å². The number of aryl methyl sites for hydroxylation is 1. The number of aromatic amines is 1. The van der Waals surface area contributed by atoms with Crippen LogP contribution in [0.25, 0.3) is 0 Å². The number of hydrogen-bond acceptors (Lipinski definition) is 5. The second kappa shape index (κ2) is 4.32. The Morgan fingerprint density at radius 1 is 1.56 bits per heavy atom. The number of carbonyl (C=O) groups is 1. The highest BCUT2D eigenvalue weighted by atomic mass is 16.5. The van der Waals surface area contributed by atoms with Crippen LogP contribution in [-0.2, 0) is 6.54 Å². The van der Waals surface area contributed by atoms with Crippen LogP contribution in [0.3, 0.4) is 0 Å². The van der Waals surface area contributed by atoms with Gasteiger partial charge in [0.15, 0.2) is 0 Å². The Balaban J connectivity index is 2.45. The zero-order valence-electron chi connectivity index (χ0n) is 9.34. The molecule has 8 heteroatoms. The van der Waals surface area contributed by atoms with Crippen LogP contribution in [0.5, 0.6) is 0 Å². The van der Waals surface area contributed by atoms with Gasteiger partial charge < -0.3 is 9.63 Å². The quantitative estimate of drug-likeness (QED) is 0.764. The lowest BCUT2D eigenvalue weighted by Gasteiger charge is -2.02. The van der Waals surface area contributed by atoms with E-state index in [1.165, 1.54) is 0 Å². The molecule has 2 heterocycles. The first-order valence-corrected chi connectivity index (χ1v) is 4.96. The maximum Gasteiger partial charge on any atom is 0.342 e. The Hall–Kier alpha value is -2.64. The van der Waals surface area contributed by atoms with E-state index in [0.717, 1.165) is 10.8 Å². The summed E-state index contributed by atoms with van der Waals surface area (Å²) in [7, 11) is 0. The van der Waals surface area contributed by atoms with Crippen molar-refractivity contribution >= 4 is 5.97 Å².